The summed E-state index contributed by atoms with van der Waals surface area (Å²) >= 11 is 0. The molecule has 1 saturated carbocycles. The Labute approximate surface area is 120 Å². The van der Waals surface area contributed by atoms with E-state index in [4.69, 9.17) is 0 Å². The molecule has 104 valence electrons. The number of anilines is 1. The molecule has 1 aliphatic heterocycles. The van der Waals surface area contributed by atoms with Crippen LogP contribution >= 0.6 is 0 Å². The first kappa shape index (κ1) is 12.2. The smallest absolute Gasteiger partial charge is 0.0447 e. The summed E-state index contributed by atoms with van der Waals surface area (Å²) in [5, 5.41) is 6.31. The van der Waals surface area contributed by atoms with Crippen molar-refractivity contribution in [3.05, 3.63) is 36.7 Å². The van der Waals surface area contributed by atoms with Crippen LogP contribution in [-0.4, -0.2) is 30.7 Å². The molecule has 2 aliphatic rings. The molecule has 1 N–H and O–H groups in total. The Morgan fingerprint density at radius 1 is 1.20 bits per heavy atom. The number of rotatable bonds is 2. The van der Waals surface area contributed by atoms with Crippen molar-refractivity contribution in [3.8, 4) is 0 Å². The van der Waals surface area contributed by atoms with Gasteiger partial charge < -0.3 is 10.2 Å². The second-order valence-corrected chi connectivity index (χ2v) is 6.07. The first-order valence-electron chi connectivity index (χ1n) is 7.73. The molecule has 0 spiro atoms. The molecule has 0 amide bonds. The Balaban J connectivity index is 1.69. The van der Waals surface area contributed by atoms with Crippen molar-refractivity contribution in [3.63, 3.8) is 0 Å². The van der Waals surface area contributed by atoms with Crippen LogP contribution in [0.1, 0.15) is 19.3 Å². The standard InChI is InChI=1S/C17H21N3/c1-3-14-11-18-9-7-15(14)17(4-1)20-10-2-8-19-16(12-20)13-5-6-13/h1,3-4,7,9,11,13,16,19H,2,5-6,8,10,12H2. The molecular formula is C17H21N3. The second-order valence-electron chi connectivity index (χ2n) is 6.07. The number of nitrogens with zero attached hydrogens (tertiary/aromatic N) is 2. The van der Waals surface area contributed by atoms with E-state index in [1.807, 2.05) is 12.4 Å². The molecule has 3 nitrogen and oxygen atoms in total. The van der Waals surface area contributed by atoms with Gasteiger partial charge >= 0.3 is 0 Å². The predicted octanol–water partition coefficient (Wildman–Crippen LogP) is 2.81. The highest BCUT2D eigenvalue weighted by Gasteiger charge is 2.33. The Kier molecular flexibility index (Phi) is 3.07. The number of hydrogen-bond donors (Lipinski definition) is 1. The molecule has 2 aromatic rings. The van der Waals surface area contributed by atoms with Gasteiger partial charge in [-0.2, -0.15) is 0 Å². The summed E-state index contributed by atoms with van der Waals surface area (Å²) < 4.78 is 0. The van der Waals surface area contributed by atoms with Gasteiger partial charge in [-0.25, -0.2) is 0 Å². The van der Waals surface area contributed by atoms with Crippen molar-refractivity contribution < 1.29 is 0 Å². The zero-order valence-corrected chi connectivity index (χ0v) is 11.8. The summed E-state index contributed by atoms with van der Waals surface area (Å²) in [7, 11) is 0. The van der Waals surface area contributed by atoms with Crippen molar-refractivity contribution in [2.75, 3.05) is 24.5 Å². The molecule has 2 fully saturated rings. The minimum absolute atomic E-state index is 0.676. The van der Waals surface area contributed by atoms with E-state index in [0.29, 0.717) is 6.04 Å². The third-order valence-electron chi connectivity index (χ3n) is 4.62. The van der Waals surface area contributed by atoms with Gasteiger partial charge in [0.1, 0.15) is 0 Å². The monoisotopic (exact) mass is 267 g/mol. The lowest BCUT2D eigenvalue weighted by molar-refractivity contribution is 0.490. The molecule has 20 heavy (non-hydrogen) atoms. The minimum atomic E-state index is 0.676. The van der Waals surface area contributed by atoms with E-state index in [9.17, 15) is 0 Å². The topological polar surface area (TPSA) is 28.2 Å². The van der Waals surface area contributed by atoms with Gasteiger partial charge in [0, 0.05) is 48.0 Å². The van der Waals surface area contributed by atoms with Crippen molar-refractivity contribution in [2.45, 2.75) is 25.3 Å². The first-order valence-corrected chi connectivity index (χ1v) is 7.73. The van der Waals surface area contributed by atoms with E-state index >= 15 is 0 Å². The second kappa shape index (κ2) is 5.06. The largest absolute Gasteiger partial charge is 0.369 e. The van der Waals surface area contributed by atoms with Crippen LogP contribution in [0.4, 0.5) is 5.69 Å². The summed E-state index contributed by atoms with van der Waals surface area (Å²) in [5.41, 5.74) is 1.37. The van der Waals surface area contributed by atoms with Crippen LogP contribution in [0.15, 0.2) is 36.7 Å². The molecule has 0 radical (unpaired) electrons. The fraction of sp³-hybridized carbons (Fsp3) is 0.471. The highest BCUT2D eigenvalue weighted by atomic mass is 15.2. The third-order valence-corrected chi connectivity index (χ3v) is 4.62. The van der Waals surface area contributed by atoms with E-state index < -0.39 is 0 Å². The van der Waals surface area contributed by atoms with Gasteiger partial charge in [0.25, 0.3) is 0 Å². The van der Waals surface area contributed by atoms with Gasteiger partial charge in [-0.3, -0.25) is 4.98 Å². The maximum atomic E-state index is 4.24. The number of nitrogens with one attached hydrogen (secondary N) is 1. The predicted molar refractivity (Wildman–Crippen MR) is 83.1 cm³/mol. The summed E-state index contributed by atoms with van der Waals surface area (Å²) in [4.78, 5) is 6.81. The van der Waals surface area contributed by atoms with Gasteiger partial charge in [-0.15, -0.1) is 0 Å². The van der Waals surface area contributed by atoms with Crippen molar-refractivity contribution in [2.24, 2.45) is 5.92 Å². The average Bonchev–Trinajstić information content (AvgIpc) is 3.32. The fourth-order valence-corrected chi connectivity index (χ4v) is 3.36. The van der Waals surface area contributed by atoms with E-state index in [-0.39, 0.29) is 0 Å². The van der Waals surface area contributed by atoms with E-state index in [0.717, 1.165) is 25.6 Å². The Morgan fingerprint density at radius 2 is 2.15 bits per heavy atom. The molecule has 1 saturated heterocycles. The SMILES string of the molecule is c1cc(N2CCCNC(C3CC3)C2)c2ccncc2c1. The number of fused-ring (bicyclic) bond motifs is 1. The zero-order chi connectivity index (χ0) is 13.4. The van der Waals surface area contributed by atoms with Gasteiger partial charge in [-0.05, 0) is 43.9 Å². The Morgan fingerprint density at radius 3 is 3.05 bits per heavy atom. The zero-order valence-electron chi connectivity index (χ0n) is 11.8. The molecule has 2 heterocycles. The van der Waals surface area contributed by atoms with E-state index in [1.165, 1.54) is 35.7 Å². The van der Waals surface area contributed by atoms with Crippen molar-refractivity contribution >= 4 is 16.5 Å². The van der Waals surface area contributed by atoms with Crippen LogP contribution in [0.3, 0.4) is 0 Å². The van der Waals surface area contributed by atoms with Crippen LogP contribution in [0, 0.1) is 5.92 Å². The summed E-state index contributed by atoms with van der Waals surface area (Å²) in [5.74, 6) is 0.909. The Bertz CT molecular complexity index is 601. The summed E-state index contributed by atoms with van der Waals surface area (Å²) in [6.07, 6.45) is 7.91. The molecule has 4 rings (SSSR count). The number of aromatic nitrogens is 1. The highest BCUT2D eigenvalue weighted by molar-refractivity contribution is 5.93. The van der Waals surface area contributed by atoms with Crippen LogP contribution in [0.25, 0.3) is 10.8 Å². The number of hydrogen-bond acceptors (Lipinski definition) is 3. The summed E-state index contributed by atoms with van der Waals surface area (Å²) in [6, 6.07) is 9.39. The average molecular weight is 267 g/mol. The Hall–Kier alpha value is -1.61. The van der Waals surface area contributed by atoms with Crippen molar-refractivity contribution in [1.29, 1.82) is 0 Å². The molecular weight excluding hydrogens is 246 g/mol. The lowest BCUT2D eigenvalue weighted by Gasteiger charge is -2.27. The first-order chi connectivity index (χ1) is 9.92. The quantitative estimate of drug-likeness (QED) is 0.907. The maximum Gasteiger partial charge on any atom is 0.0447 e. The van der Waals surface area contributed by atoms with E-state index in [1.54, 1.807) is 0 Å². The molecule has 1 aliphatic carbocycles. The lowest BCUT2D eigenvalue weighted by atomic mass is 10.1. The number of pyridine rings is 1. The third kappa shape index (κ3) is 2.27. The molecule has 1 atom stereocenters. The fourth-order valence-electron chi connectivity index (χ4n) is 3.36. The molecule has 1 unspecified atom stereocenters. The van der Waals surface area contributed by atoms with Crippen molar-refractivity contribution in [1.82, 2.24) is 10.3 Å². The maximum absolute atomic E-state index is 4.24. The van der Waals surface area contributed by atoms with Gasteiger partial charge in [0.2, 0.25) is 0 Å². The normalized spacial score (nSPS) is 23.8. The highest BCUT2D eigenvalue weighted by Crippen LogP contribution is 2.35. The minimum Gasteiger partial charge on any atom is -0.369 e. The van der Waals surface area contributed by atoms with Gasteiger partial charge in [-0.1, -0.05) is 12.1 Å². The van der Waals surface area contributed by atoms with Crippen LogP contribution in [-0.2, 0) is 0 Å². The lowest BCUT2D eigenvalue weighted by Crippen LogP contribution is -2.39. The molecule has 1 aromatic heterocycles. The van der Waals surface area contributed by atoms with Crippen LogP contribution in [0.2, 0.25) is 0 Å². The van der Waals surface area contributed by atoms with Gasteiger partial charge in [0.15, 0.2) is 0 Å². The summed E-state index contributed by atoms with van der Waals surface area (Å²) in [6.45, 7) is 3.45. The number of benzene rings is 1. The van der Waals surface area contributed by atoms with Crippen LogP contribution in [0.5, 0.6) is 0 Å². The van der Waals surface area contributed by atoms with E-state index in [2.05, 4.69) is 39.5 Å². The molecule has 3 heteroatoms. The van der Waals surface area contributed by atoms with Crippen LogP contribution < -0.4 is 10.2 Å². The molecule has 0 bridgehead atoms. The van der Waals surface area contributed by atoms with Gasteiger partial charge in [0.05, 0.1) is 0 Å². The molecule has 1 aromatic carbocycles.